The molecule has 4 heteroatoms. The number of hydrogen-bond acceptors (Lipinski definition) is 3. The van der Waals surface area contributed by atoms with E-state index in [1.807, 2.05) is 42.6 Å². The summed E-state index contributed by atoms with van der Waals surface area (Å²) in [5, 5.41) is 0. The molecule has 0 saturated heterocycles. The Balaban J connectivity index is 1.21. The summed E-state index contributed by atoms with van der Waals surface area (Å²) in [4.78, 5) is 29.9. The third-order valence-electron chi connectivity index (χ3n) is 6.49. The maximum atomic E-state index is 12.8. The van der Waals surface area contributed by atoms with Crippen LogP contribution in [-0.2, 0) is 28.9 Å². The van der Waals surface area contributed by atoms with Crippen LogP contribution in [0, 0.1) is 11.8 Å². The van der Waals surface area contributed by atoms with Gasteiger partial charge in [0.25, 0.3) is 0 Å². The third-order valence-corrected chi connectivity index (χ3v) is 6.49. The van der Waals surface area contributed by atoms with Gasteiger partial charge in [-0.1, -0.05) is 67.6 Å². The fourth-order valence-corrected chi connectivity index (χ4v) is 4.79. The number of benzene rings is 1. The Kier molecular flexibility index (Phi) is 6.22. The Bertz CT molecular complexity index is 1350. The van der Waals surface area contributed by atoms with E-state index in [1.54, 1.807) is 0 Å². The summed E-state index contributed by atoms with van der Waals surface area (Å²) in [5.74, 6) is 0.248. The maximum absolute atomic E-state index is 12.8. The zero-order valence-corrected chi connectivity index (χ0v) is 19.4. The van der Waals surface area contributed by atoms with Crippen LogP contribution in [0.15, 0.2) is 102 Å². The van der Waals surface area contributed by atoms with E-state index in [0.717, 1.165) is 29.8 Å². The van der Waals surface area contributed by atoms with Crippen molar-refractivity contribution in [2.24, 2.45) is 11.8 Å². The van der Waals surface area contributed by atoms with Crippen LogP contribution in [0.1, 0.15) is 30.2 Å². The van der Waals surface area contributed by atoms with Crippen LogP contribution in [0.2, 0.25) is 0 Å². The van der Waals surface area contributed by atoms with Crippen molar-refractivity contribution in [2.45, 2.75) is 32.6 Å². The van der Waals surface area contributed by atoms with E-state index in [9.17, 15) is 9.59 Å². The molecular weight excluding hydrogens is 420 g/mol. The number of nitrogens with zero attached hydrogens (tertiary/aromatic N) is 2. The topological polar surface area (TPSA) is 51.4 Å². The summed E-state index contributed by atoms with van der Waals surface area (Å²) in [7, 11) is 0. The summed E-state index contributed by atoms with van der Waals surface area (Å²) < 4.78 is 2.06. The normalized spacial score (nSPS) is 17.9. The first-order valence-electron chi connectivity index (χ1n) is 11.9. The third kappa shape index (κ3) is 4.91. The number of fused-ring (bicyclic) bond motifs is 2. The molecule has 2 heterocycles. The van der Waals surface area contributed by atoms with Gasteiger partial charge in [-0.25, -0.2) is 4.98 Å². The lowest BCUT2D eigenvalue weighted by Crippen LogP contribution is -2.19. The number of allylic oxidation sites excluding steroid dienone is 8. The molecule has 1 aromatic carbocycles. The van der Waals surface area contributed by atoms with Gasteiger partial charge in [0.2, 0.25) is 0 Å². The van der Waals surface area contributed by atoms with Crippen molar-refractivity contribution >= 4 is 17.2 Å². The van der Waals surface area contributed by atoms with Crippen LogP contribution in [0.3, 0.4) is 0 Å². The number of carbonyl (C=O) groups is 2. The molecule has 2 unspecified atom stereocenters. The second-order valence-electron chi connectivity index (χ2n) is 9.33. The predicted octanol–water partition coefficient (Wildman–Crippen LogP) is 5.44. The number of hydrogen-bond donors (Lipinski definition) is 0. The quantitative estimate of drug-likeness (QED) is 0.461. The number of pyridine rings is 1. The average Bonchev–Trinajstić information content (AvgIpc) is 3.25. The van der Waals surface area contributed by atoms with Crippen molar-refractivity contribution in [2.75, 3.05) is 0 Å². The van der Waals surface area contributed by atoms with Gasteiger partial charge in [-0.2, -0.15) is 0 Å². The molecule has 2 aromatic heterocycles. The molecule has 2 atom stereocenters. The summed E-state index contributed by atoms with van der Waals surface area (Å²) in [6.07, 6.45) is 18.0. The number of rotatable bonds is 8. The lowest BCUT2D eigenvalue weighted by molar-refractivity contribution is -0.118. The number of ketones is 2. The summed E-state index contributed by atoms with van der Waals surface area (Å²) in [6.45, 7) is 2.28. The highest BCUT2D eigenvalue weighted by molar-refractivity contribution is 6.09. The number of aromatic nitrogens is 2. The molecule has 0 aliphatic heterocycles. The van der Waals surface area contributed by atoms with Crippen molar-refractivity contribution < 1.29 is 9.59 Å². The largest absolute Gasteiger partial charge is 0.307 e. The number of Topliss-reactive ketones (excluding diaryl/α,β-unsaturated/α-hetero) is 1. The van der Waals surface area contributed by atoms with Crippen molar-refractivity contribution in [3.8, 4) is 0 Å². The molecule has 0 saturated carbocycles. The van der Waals surface area contributed by atoms with E-state index < -0.39 is 0 Å². The Morgan fingerprint density at radius 2 is 1.82 bits per heavy atom. The first-order chi connectivity index (χ1) is 16.5. The molecule has 170 valence electrons. The molecule has 0 amide bonds. The monoisotopic (exact) mass is 448 g/mol. The fourth-order valence-electron chi connectivity index (χ4n) is 4.79. The van der Waals surface area contributed by atoms with E-state index in [4.69, 9.17) is 0 Å². The molecule has 2 aliphatic carbocycles. The molecule has 2 aliphatic rings. The Labute approximate surface area is 200 Å². The molecule has 0 fully saturated rings. The zero-order valence-electron chi connectivity index (χ0n) is 19.4. The molecule has 4 nitrogen and oxygen atoms in total. The minimum atomic E-state index is -0.246. The van der Waals surface area contributed by atoms with Gasteiger partial charge in [0.05, 0.1) is 11.6 Å². The van der Waals surface area contributed by atoms with Gasteiger partial charge in [0.1, 0.15) is 5.65 Å². The fraction of sp³-hybridized carbons (Fsp3) is 0.233. The molecule has 5 rings (SSSR count). The molecule has 34 heavy (non-hydrogen) atoms. The van der Waals surface area contributed by atoms with Crippen LogP contribution < -0.4 is 0 Å². The van der Waals surface area contributed by atoms with Gasteiger partial charge in [0.15, 0.2) is 11.6 Å². The predicted molar refractivity (Wildman–Crippen MR) is 134 cm³/mol. The van der Waals surface area contributed by atoms with E-state index in [1.165, 1.54) is 17.2 Å². The highest BCUT2D eigenvalue weighted by Gasteiger charge is 2.25. The SMILES string of the molecule is CC(Cc1ccccc1)Cc1ccc2nc(CCC(=O)C3=CC(=O)C4C=CC=CC4=C3)cn2c1. The minimum absolute atomic E-state index is 0.0188. The molecule has 0 bridgehead atoms. The van der Waals surface area contributed by atoms with Crippen LogP contribution >= 0.6 is 0 Å². The lowest BCUT2D eigenvalue weighted by atomic mass is 9.83. The first-order valence-corrected chi connectivity index (χ1v) is 11.9. The number of carbonyl (C=O) groups excluding carboxylic acids is 2. The number of imidazole rings is 1. The van der Waals surface area contributed by atoms with Gasteiger partial charge in [0, 0.05) is 24.4 Å². The van der Waals surface area contributed by atoms with E-state index >= 15 is 0 Å². The molecular formula is C30H28N2O2. The van der Waals surface area contributed by atoms with Crippen molar-refractivity contribution in [3.63, 3.8) is 0 Å². The summed E-state index contributed by atoms with van der Waals surface area (Å²) in [5.41, 5.74) is 5.80. The van der Waals surface area contributed by atoms with Gasteiger partial charge in [-0.05, 0) is 60.1 Å². The van der Waals surface area contributed by atoms with Gasteiger partial charge < -0.3 is 4.40 Å². The van der Waals surface area contributed by atoms with Crippen LogP contribution in [0.5, 0.6) is 0 Å². The summed E-state index contributed by atoms with van der Waals surface area (Å²) >= 11 is 0. The zero-order chi connectivity index (χ0) is 23.5. The second kappa shape index (κ2) is 9.60. The molecule has 0 spiro atoms. The standard InChI is InChI=1S/C30H28N2O2/c1-21(15-22-7-3-2-4-8-22)16-23-11-14-30-31-26(20-32(30)19-23)12-13-28(33)25-17-24-9-5-6-10-27(24)29(34)18-25/h2-11,14,17-21,27H,12-13,15-16H2,1H3. The van der Waals surface area contributed by atoms with Gasteiger partial charge in [-0.15, -0.1) is 0 Å². The number of aryl methyl sites for hydroxylation is 1. The molecule has 0 N–H and O–H groups in total. The van der Waals surface area contributed by atoms with Gasteiger partial charge in [-0.3, -0.25) is 9.59 Å². The minimum Gasteiger partial charge on any atom is -0.307 e. The van der Waals surface area contributed by atoms with Crippen molar-refractivity contribution in [1.82, 2.24) is 9.38 Å². The van der Waals surface area contributed by atoms with E-state index in [0.29, 0.717) is 24.3 Å². The van der Waals surface area contributed by atoms with Gasteiger partial charge >= 0.3 is 0 Å². The molecule has 0 radical (unpaired) electrons. The van der Waals surface area contributed by atoms with E-state index in [2.05, 4.69) is 58.9 Å². The summed E-state index contributed by atoms with van der Waals surface area (Å²) in [6, 6.07) is 14.8. The van der Waals surface area contributed by atoms with Crippen molar-refractivity contribution in [3.05, 3.63) is 119 Å². The lowest BCUT2D eigenvalue weighted by Gasteiger charge is -2.19. The average molecular weight is 449 g/mol. The van der Waals surface area contributed by atoms with Crippen molar-refractivity contribution in [1.29, 1.82) is 0 Å². The Morgan fingerprint density at radius 3 is 2.68 bits per heavy atom. The van der Waals surface area contributed by atoms with E-state index in [-0.39, 0.29) is 17.5 Å². The van der Waals surface area contributed by atoms with Crippen LogP contribution in [0.25, 0.3) is 5.65 Å². The van der Waals surface area contributed by atoms with Crippen LogP contribution in [-0.4, -0.2) is 21.0 Å². The maximum Gasteiger partial charge on any atom is 0.167 e. The smallest absolute Gasteiger partial charge is 0.167 e. The second-order valence-corrected chi connectivity index (χ2v) is 9.33. The van der Waals surface area contributed by atoms with Crippen LogP contribution in [0.4, 0.5) is 0 Å². The Morgan fingerprint density at radius 1 is 1.00 bits per heavy atom. The Hall–Kier alpha value is -3.79. The highest BCUT2D eigenvalue weighted by atomic mass is 16.1. The first kappa shape index (κ1) is 22.0. The highest BCUT2D eigenvalue weighted by Crippen LogP contribution is 2.27. The molecule has 3 aromatic rings.